The maximum atomic E-state index is 3.58. The summed E-state index contributed by atoms with van der Waals surface area (Å²) in [4.78, 5) is 3.31. The molecular formula is C23H25BrN2+2. The van der Waals surface area contributed by atoms with Crippen molar-refractivity contribution in [2.45, 2.75) is 19.3 Å². The van der Waals surface area contributed by atoms with E-state index in [9.17, 15) is 0 Å². The van der Waals surface area contributed by atoms with Gasteiger partial charge in [0.1, 0.15) is 26.2 Å². The highest BCUT2D eigenvalue weighted by Gasteiger charge is 2.40. The number of hydrogen-bond donors (Lipinski definition) is 2. The van der Waals surface area contributed by atoms with Crippen molar-refractivity contribution in [3.63, 3.8) is 0 Å². The van der Waals surface area contributed by atoms with E-state index in [1.54, 1.807) is 9.80 Å². The normalized spacial score (nSPS) is 22.4. The summed E-state index contributed by atoms with van der Waals surface area (Å²) in [5.41, 5.74) is 4.28. The van der Waals surface area contributed by atoms with E-state index in [1.165, 1.54) is 29.8 Å². The Balaban J connectivity index is 1.60. The Kier molecular flexibility index (Phi) is 5.49. The molecule has 1 aliphatic rings. The van der Waals surface area contributed by atoms with Crippen LogP contribution in [-0.4, -0.2) is 13.1 Å². The van der Waals surface area contributed by atoms with Gasteiger partial charge in [0, 0.05) is 15.6 Å². The first kappa shape index (κ1) is 17.5. The zero-order valence-electron chi connectivity index (χ0n) is 14.9. The van der Waals surface area contributed by atoms with Crippen molar-refractivity contribution >= 4 is 15.9 Å². The molecule has 26 heavy (non-hydrogen) atoms. The SMILES string of the molecule is Brc1ccc(C2[NH+](Cc3ccccc3)CC[NH+]2Cc2ccccc2)cc1. The largest absolute Gasteiger partial charge is 0.274 e. The van der Waals surface area contributed by atoms with Gasteiger partial charge in [0.25, 0.3) is 0 Å². The van der Waals surface area contributed by atoms with Crippen LogP contribution in [0.2, 0.25) is 0 Å². The molecule has 3 heteroatoms. The molecule has 3 aromatic rings. The van der Waals surface area contributed by atoms with Crippen LogP contribution in [0.5, 0.6) is 0 Å². The summed E-state index contributed by atoms with van der Waals surface area (Å²) >= 11 is 3.58. The third kappa shape index (κ3) is 4.07. The zero-order valence-corrected chi connectivity index (χ0v) is 16.5. The fourth-order valence-corrected chi connectivity index (χ4v) is 4.39. The maximum absolute atomic E-state index is 3.58. The van der Waals surface area contributed by atoms with E-state index in [1.807, 2.05) is 0 Å². The third-order valence-electron chi connectivity index (χ3n) is 5.34. The van der Waals surface area contributed by atoms with Gasteiger partial charge in [-0.2, -0.15) is 0 Å². The smallest absolute Gasteiger partial charge is 0.241 e. The van der Waals surface area contributed by atoms with Gasteiger partial charge < -0.3 is 0 Å². The number of halogens is 1. The van der Waals surface area contributed by atoms with E-state index in [4.69, 9.17) is 0 Å². The van der Waals surface area contributed by atoms with Crippen molar-refractivity contribution in [1.82, 2.24) is 0 Å². The Hall–Kier alpha value is -1.94. The van der Waals surface area contributed by atoms with Crippen LogP contribution in [0.4, 0.5) is 0 Å². The highest BCUT2D eigenvalue weighted by Crippen LogP contribution is 2.14. The van der Waals surface area contributed by atoms with E-state index in [0.29, 0.717) is 6.17 Å². The molecule has 2 atom stereocenters. The number of nitrogens with one attached hydrogen (secondary N) is 2. The lowest BCUT2D eigenvalue weighted by Crippen LogP contribution is -3.22. The molecule has 0 aromatic heterocycles. The molecule has 2 unspecified atom stereocenters. The molecule has 1 heterocycles. The van der Waals surface area contributed by atoms with Crippen LogP contribution >= 0.6 is 15.9 Å². The quantitative estimate of drug-likeness (QED) is 0.641. The highest BCUT2D eigenvalue weighted by molar-refractivity contribution is 9.10. The summed E-state index contributed by atoms with van der Waals surface area (Å²) in [6.45, 7) is 4.58. The van der Waals surface area contributed by atoms with Gasteiger partial charge in [0.2, 0.25) is 6.17 Å². The van der Waals surface area contributed by atoms with Crippen LogP contribution in [0, 0.1) is 0 Å². The predicted octanol–water partition coefficient (Wildman–Crippen LogP) is 2.63. The Morgan fingerprint density at radius 3 is 1.58 bits per heavy atom. The van der Waals surface area contributed by atoms with Crippen LogP contribution in [0.25, 0.3) is 0 Å². The average molecular weight is 409 g/mol. The molecule has 2 N–H and O–H groups in total. The molecular weight excluding hydrogens is 384 g/mol. The average Bonchev–Trinajstić information content (AvgIpc) is 3.06. The second-order valence-corrected chi connectivity index (χ2v) is 8.04. The van der Waals surface area contributed by atoms with E-state index >= 15 is 0 Å². The molecule has 4 rings (SSSR count). The van der Waals surface area contributed by atoms with E-state index in [0.717, 1.165) is 17.6 Å². The van der Waals surface area contributed by atoms with Crippen molar-refractivity contribution in [1.29, 1.82) is 0 Å². The van der Waals surface area contributed by atoms with Crippen LogP contribution in [0.1, 0.15) is 22.9 Å². The minimum atomic E-state index is 0.475. The summed E-state index contributed by atoms with van der Waals surface area (Å²) in [5, 5.41) is 0. The number of hydrogen-bond acceptors (Lipinski definition) is 0. The number of rotatable bonds is 5. The lowest BCUT2D eigenvalue weighted by atomic mass is 10.1. The number of benzene rings is 3. The summed E-state index contributed by atoms with van der Waals surface area (Å²) in [6, 6.07) is 30.7. The zero-order chi connectivity index (χ0) is 17.8. The van der Waals surface area contributed by atoms with Gasteiger partial charge in [-0.25, -0.2) is 0 Å². The fourth-order valence-electron chi connectivity index (χ4n) is 4.12. The molecule has 0 saturated carbocycles. The Morgan fingerprint density at radius 2 is 1.12 bits per heavy atom. The Morgan fingerprint density at radius 1 is 0.654 bits per heavy atom. The van der Waals surface area contributed by atoms with Crippen LogP contribution in [0.15, 0.2) is 89.4 Å². The second-order valence-electron chi connectivity index (χ2n) is 7.13. The lowest BCUT2D eigenvalue weighted by molar-refractivity contribution is -1.09. The molecule has 1 aliphatic heterocycles. The molecule has 0 bridgehead atoms. The lowest BCUT2D eigenvalue weighted by Gasteiger charge is -2.25. The minimum absolute atomic E-state index is 0.475. The van der Waals surface area contributed by atoms with E-state index in [2.05, 4.69) is 101 Å². The van der Waals surface area contributed by atoms with Gasteiger partial charge in [-0.3, -0.25) is 9.80 Å². The van der Waals surface area contributed by atoms with Crippen molar-refractivity contribution in [3.8, 4) is 0 Å². The molecule has 1 fully saturated rings. The summed E-state index contributed by atoms with van der Waals surface area (Å²) < 4.78 is 1.15. The first-order chi connectivity index (χ1) is 12.8. The molecule has 0 aliphatic carbocycles. The molecule has 1 saturated heterocycles. The minimum Gasteiger partial charge on any atom is -0.274 e. The molecule has 132 valence electrons. The van der Waals surface area contributed by atoms with Crippen molar-refractivity contribution < 1.29 is 9.80 Å². The van der Waals surface area contributed by atoms with Gasteiger partial charge in [-0.05, 0) is 24.3 Å². The molecule has 0 amide bonds. The number of quaternary nitrogens is 2. The van der Waals surface area contributed by atoms with E-state index < -0.39 is 0 Å². The molecule has 0 spiro atoms. The standard InChI is InChI=1S/C23H23BrN2/c24-22-13-11-21(12-14-22)23-25(17-19-7-3-1-4-8-19)15-16-26(23)18-20-9-5-2-6-10-20/h1-14,23H,15-18H2/p+2. The van der Waals surface area contributed by atoms with Gasteiger partial charge in [-0.1, -0.05) is 76.6 Å². The topological polar surface area (TPSA) is 8.88 Å². The maximum Gasteiger partial charge on any atom is 0.241 e. The molecule has 3 aromatic carbocycles. The first-order valence-electron chi connectivity index (χ1n) is 9.32. The second kappa shape index (κ2) is 8.17. The van der Waals surface area contributed by atoms with Crippen molar-refractivity contribution in [3.05, 3.63) is 106 Å². The van der Waals surface area contributed by atoms with Crippen LogP contribution in [-0.2, 0) is 13.1 Å². The summed E-state index contributed by atoms with van der Waals surface area (Å²) in [6.07, 6.45) is 0.475. The first-order valence-corrected chi connectivity index (χ1v) is 10.1. The third-order valence-corrected chi connectivity index (χ3v) is 5.86. The summed E-state index contributed by atoms with van der Waals surface area (Å²) in [7, 11) is 0. The summed E-state index contributed by atoms with van der Waals surface area (Å²) in [5.74, 6) is 0. The van der Waals surface area contributed by atoms with Gasteiger partial charge in [0.15, 0.2) is 0 Å². The predicted molar refractivity (Wildman–Crippen MR) is 109 cm³/mol. The van der Waals surface area contributed by atoms with Crippen LogP contribution in [0.3, 0.4) is 0 Å². The van der Waals surface area contributed by atoms with Gasteiger partial charge in [-0.15, -0.1) is 0 Å². The van der Waals surface area contributed by atoms with Crippen molar-refractivity contribution in [2.75, 3.05) is 13.1 Å². The van der Waals surface area contributed by atoms with E-state index in [-0.39, 0.29) is 0 Å². The van der Waals surface area contributed by atoms with Gasteiger partial charge in [0.05, 0.1) is 5.56 Å². The fraction of sp³-hybridized carbons (Fsp3) is 0.217. The molecule has 0 radical (unpaired) electrons. The van der Waals surface area contributed by atoms with Gasteiger partial charge >= 0.3 is 0 Å². The van der Waals surface area contributed by atoms with Crippen molar-refractivity contribution in [2.24, 2.45) is 0 Å². The van der Waals surface area contributed by atoms with Crippen LogP contribution < -0.4 is 9.80 Å². The Bertz CT molecular complexity index is 768. The monoisotopic (exact) mass is 408 g/mol. The highest BCUT2D eigenvalue weighted by atomic mass is 79.9. The Labute approximate surface area is 164 Å². The molecule has 2 nitrogen and oxygen atoms in total.